The largest absolute Gasteiger partial charge is 0.386 e. The highest BCUT2D eigenvalue weighted by Crippen LogP contribution is 2.27. The van der Waals surface area contributed by atoms with Gasteiger partial charge in [0.1, 0.15) is 0 Å². The zero-order valence-electron chi connectivity index (χ0n) is 9.32. The molecule has 0 radical (unpaired) electrons. The van der Waals surface area contributed by atoms with Crippen LogP contribution in [0.25, 0.3) is 0 Å². The highest BCUT2D eigenvalue weighted by molar-refractivity contribution is 7.80. The molecule has 0 saturated heterocycles. The van der Waals surface area contributed by atoms with E-state index in [0.717, 1.165) is 11.3 Å². The van der Waals surface area contributed by atoms with Crippen LogP contribution in [0.3, 0.4) is 0 Å². The summed E-state index contributed by atoms with van der Waals surface area (Å²) in [6, 6.07) is 9.35. The van der Waals surface area contributed by atoms with Crippen molar-refractivity contribution < 1.29 is 5.11 Å². The Morgan fingerprint density at radius 2 is 2.12 bits per heavy atom. The van der Waals surface area contributed by atoms with Gasteiger partial charge >= 0.3 is 0 Å². The molecule has 3 nitrogen and oxygen atoms in total. The summed E-state index contributed by atoms with van der Waals surface area (Å²) in [5.41, 5.74) is 0.566. The number of rotatable bonds is 3. The first-order chi connectivity index (χ1) is 7.45. The van der Waals surface area contributed by atoms with Crippen molar-refractivity contribution in [2.24, 2.45) is 0 Å². The molecule has 2 N–H and O–H groups in total. The van der Waals surface area contributed by atoms with E-state index in [1.165, 1.54) is 0 Å². The Balaban J connectivity index is 2.97. The number of hydrogen-bond acceptors (Lipinski definition) is 3. The van der Waals surface area contributed by atoms with Gasteiger partial charge in [-0.2, -0.15) is 5.26 Å². The lowest BCUT2D eigenvalue weighted by molar-refractivity contribution is 0.0794. The first-order valence-corrected chi connectivity index (χ1v) is 5.34. The molecule has 0 fully saturated rings. The van der Waals surface area contributed by atoms with E-state index in [1.807, 2.05) is 30.3 Å². The van der Waals surface area contributed by atoms with Crippen LogP contribution in [0.5, 0.6) is 0 Å². The highest BCUT2D eigenvalue weighted by Gasteiger charge is 2.19. The van der Waals surface area contributed by atoms with E-state index in [0.29, 0.717) is 4.99 Å². The molecule has 1 aromatic carbocycles. The highest BCUT2D eigenvalue weighted by atomic mass is 32.1. The number of para-hydroxylation sites is 1. The van der Waals surface area contributed by atoms with Crippen LogP contribution in [-0.2, 0) is 5.60 Å². The second-order valence-electron chi connectivity index (χ2n) is 3.99. The second-order valence-corrected chi connectivity index (χ2v) is 4.48. The van der Waals surface area contributed by atoms with Crippen molar-refractivity contribution in [1.29, 1.82) is 5.26 Å². The van der Waals surface area contributed by atoms with E-state index in [2.05, 4.69) is 5.32 Å². The Kier molecular flexibility index (Phi) is 3.99. The van der Waals surface area contributed by atoms with Crippen LogP contribution in [-0.4, -0.2) is 10.1 Å². The number of nitrogens with zero attached hydrogens (tertiary/aromatic N) is 1. The summed E-state index contributed by atoms with van der Waals surface area (Å²) >= 11 is 5.00. The Morgan fingerprint density at radius 3 is 2.69 bits per heavy atom. The molecule has 84 valence electrons. The maximum absolute atomic E-state index is 9.96. The zero-order valence-corrected chi connectivity index (χ0v) is 10.1. The molecule has 0 aliphatic rings. The van der Waals surface area contributed by atoms with Crippen LogP contribution in [0.15, 0.2) is 24.3 Å². The third-order valence-electron chi connectivity index (χ3n) is 2.10. The van der Waals surface area contributed by atoms with Gasteiger partial charge in [0.2, 0.25) is 0 Å². The molecule has 0 heterocycles. The third-order valence-corrected chi connectivity index (χ3v) is 2.35. The van der Waals surface area contributed by atoms with Gasteiger partial charge in [0, 0.05) is 11.3 Å². The van der Waals surface area contributed by atoms with E-state index in [1.54, 1.807) is 13.8 Å². The molecule has 0 saturated carbocycles. The molecule has 1 aromatic rings. The van der Waals surface area contributed by atoms with Crippen LogP contribution in [0.2, 0.25) is 0 Å². The quantitative estimate of drug-likeness (QED) is 0.789. The first-order valence-electron chi connectivity index (χ1n) is 4.94. The first kappa shape index (κ1) is 12.6. The number of benzene rings is 1. The molecule has 0 bridgehead atoms. The molecular weight excluding hydrogens is 220 g/mol. The fourth-order valence-electron chi connectivity index (χ4n) is 1.39. The minimum absolute atomic E-state index is 0.176. The van der Waals surface area contributed by atoms with Gasteiger partial charge in [-0.3, -0.25) is 0 Å². The van der Waals surface area contributed by atoms with Crippen molar-refractivity contribution in [2.45, 2.75) is 25.9 Å². The molecule has 1 rings (SSSR count). The van der Waals surface area contributed by atoms with Crippen LogP contribution < -0.4 is 5.32 Å². The topological polar surface area (TPSA) is 56.0 Å². The molecule has 4 heteroatoms. The van der Waals surface area contributed by atoms with Crippen LogP contribution >= 0.6 is 12.2 Å². The Morgan fingerprint density at radius 1 is 1.50 bits per heavy atom. The number of anilines is 1. The van der Waals surface area contributed by atoms with E-state index in [9.17, 15) is 5.11 Å². The number of thiocarbonyl (C=S) groups is 1. The molecule has 0 aliphatic carbocycles. The average molecular weight is 234 g/mol. The van der Waals surface area contributed by atoms with Gasteiger partial charge in [0.25, 0.3) is 0 Å². The molecule has 0 spiro atoms. The van der Waals surface area contributed by atoms with Gasteiger partial charge in [0.15, 0.2) is 0 Å². The monoisotopic (exact) mass is 234 g/mol. The molecule has 0 atom stereocenters. The summed E-state index contributed by atoms with van der Waals surface area (Å²) in [6.45, 7) is 3.42. The normalized spacial score (nSPS) is 10.6. The van der Waals surface area contributed by atoms with Gasteiger partial charge in [-0.15, -0.1) is 0 Å². The summed E-state index contributed by atoms with van der Waals surface area (Å²) in [4.78, 5) is 0.458. The van der Waals surface area contributed by atoms with Crippen LogP contribution in [0.1, 0.15) is 25.8 Å². The van der Waals surface area contributed by atoms with Gasteiger partial charge in [-0.05, 0) is 19.9 Å². The lowest BCUT2D eigenvalue weighted by Gasteiger charge is -2.22. The summed E-state index contributed by atoms with van der Waals surface area (Å²) in [5.74, 6) is 0. The minimum Gasteiger partial charge on any atom is -0.386 e. The van der Waals surface area contributed by atoms with Gasteiger partial charge < -0.3 is 10.4 Å². The lowest BCUT2D eigenvalue weighted by Crippen LogP contribution is -2.19. The van der Waals surface area contributed by atoms with E-state index in [-0.39, 0.29) is 6.42 Å². The zero-order chi connectivity index (χ0) is 12.2. The van der Waals surface area contributed by atoms with Crippen molar-refractivity contribution in [3.63, 3.8) is 0 Å². The van der Waals surface area contributed by atoms with E-state index >= 15 is 0 Å². The molecule has 0 aromatic heterocycles. The average Bonchev–Trinajstić information content (AvgIpc) is 2.17. The SMILES string of the molecule is CC(C)(O)c1ccccc1NC(=S)CC#N. The van der Waals surface area contributed by atoms with E-state index < -0.39 is 5.60 Å². The van der Waals surface area contributed by atoms with Gasteiger partial charge in [-0.1, -0.05) is 30.4 Å². The number of aliphatic hydroxyl groups is 1. The standard InChI is InChI=1S/C12H14N2OS/c1-12(2,15)9-5-3-4-6-10(9)14-11(16)7-8-13/h3-6,15H,7H2,1-2H3,(H,14,16). The van der Waals surface area contributed by atoms with Crippen molar-refractivity contribution in [2.75, 3.05) is 5.32 Å². The van der Waals surface area contributed by atoms with Crippen molar-refractivity contribution >= 4 is 22.9 Å². The maximum Gasteiger partial charge on any atom is 0.0940 e. The second kappa shape index (κ2) is 5.06. The fraction of sp³-hybridized carbons (Fsp3) is 0.333. The number of nitriles is 1. The smallest absolute Gasteiger partial charge is 0.0940 e. The van der Waals surface area contributed by atoms with Crippen molar-refractivity contribution in [3.05, 3.63) is 29.8 Å². The summed E-state index contributed by atoms with van der Waals surface area (Å²) < 4.78 is 0. The van der Waals surface area contributed by atoms with Crippen molar-refractivity contribution in [1.82, 2.24) is 0 Å². The molecule has 0 aliphatic heterocycles. The van der Waals surface area contributed by atoms with Gasteiger partial charge in [-0.25, -0.2) is 0 Å². The predicted octanol–water partition coefficient (Wildman–Crippen LogP) is 2.57. The van der Waals surface area contributed by atoms with Crippen LogP contribution in [0, 0.1) is 11.3 Å². The minimum atomic E-state index is -0.939. The number of hydrogen-bond donors (Lipinski definition) is 2. The van der Waals surface area contributed by atoms with Crippen LogP contribution in [0.4, 0.5) is 5.69 Å². The Labute approximate surface area is 101 Å². The van der Waals surface area contributed by atoms with Gasteiger partial charge in [0.05, 0.1) is 23.1 Å². The Hall–Kier alpha value is -1.44. The third kappa shape index (κ3) is 3.30. The van der Waals surface area contributed by atoms with Crippen molar-refractivity contribution in [3.8, 4) is 6.07 Å². The maximum atomic E-state index is 9.96. The Bertz CT molecular complexity index is 429. The summed E-state index contributed by atoms with van der Waals surface area (Å²) in [5, 5.41) is 21.4. The molecule has 0 unspecified atom stereocenters. The lowest BCUT2D eigenvalue weighted by atomic mass is 9.96. The van der Waals surface area contributed by atoms with E-state index in [4.69, 9.17) is 17.5 Å². The fourth-order valence-corrected chi connectivity index (χ4v) is 1.57. The molecule has 0 amide bonds. The summed E-state index contributed by atoms with van der Waals surface area (Å²) in [6.07, 6.45) is 0.176. The summed E-state index contributed by atoms with van der Waals surface area (Å²) in [7, 11) is 0. The molecule has 16 heavy (non-hydrogen) atoms. The molecular formula is C12H14N2OS. The predicted molar refractivity (Wildman–Crippen MR) is 68.1 cm³/mol. The number of nitrogens with one attached hydrogen (secondary N) is 1.